The Kier molecular flexibility index (Phi) is 4.55. The molecule has 3 aromatic rings. The lowest BCUT2D eigenvalue weighted by Gasteiger charge is -2.35. The van der Waals surface area contributed by atoms with Gasteiger partial charge in [0.2, 0.25) is 5.89 Å². The molecule has 25 heavy (non-hydrogen) atoms. The van der Waals surface area contributed by atoms with Crippen molar-refractivity contribution in [3.05, 3.63) is 59.0 Å². The standard InChI is InChI=1S/C19H20FN3OS/c1-14-17(21-19(24-14)18-3-2-12-25-18)13-22-8-10-23(11-9-22)16-6-4-15(20)5-7-16/h2-7,12H,8-11,13H2,1H3. The molecule has 1 aliphatic heterocycles. The molecule has 0 amide bonds. The van der Waals surface area contributed by atoms with E-state index >= 15 is 0 Å². The van der Waals surface area contributed by atoms with E-state index in [1.165, 1.54) is 12.1 Å². The number of halogens is 1. The Bertz CT molecular complexity index is 821. The summed E-state index contributed by atoms with van der Waals surface area (Å²) in [6.45, 7) is 6.56. The Morgan fingerprint density at radius 1 is 1.12 bits per heavy atom. The van der Waals surface area contributed by atoms with Crippen molar-refractivity contribution >= 4 is 17.0 Å². The third kappa shape index (κ3) is 3.60. The molecule has 0 bridgehead atoms. The molecule has 130 valence electrons. The Balaban J connectivity index is 1.38. The molecule has 2 aromatic heterocycles. The number of thiophene rings is 1. The van der Waals surface area contributed by atoms with Crippen molar-refractivity contribution in [2.75, 3.05) is 31.1 Å². The molecule has 1 aromatic carbocycles. The van der Waals surface area contributed by atoms with Crippen LogP contribution >= 0.6 is 11.3 Å². The molecule has 0 saturated carbocycles. The molecule has 1 aliphatic rings. The first-order chi connectivity index (χ1) is 12.2. The Labute approximate surface area is 150 Å². The molecule has 0 aliphatic carbocycles. The number of aryl methyl sites for hydroxylation is 1. The van der Waals surface area contributed by atoms with Crippen LogP contribution in [0.3, 0.4) is 0 Å². The molecule has 0 unspecified atom stereocenters. The van der Waals surface area contributed by atoms with Crippen LogP contribution in [-0.4, -0.2) is 36.1 Å². The number of rotatable bonds is 4. The predicted octanol–water partition coefficient (Wildman–Crippen LogP) is 4.17. The smallest absolute Gasteiger partial charge is 0.236 e. The summed E-state index contributed by atoms with van der Waals surface area (Å²) in [5.74, 6) is 1.42. The zero-order valence-electron chi connectivity index (χ0n) is 14.1. The highest BCUT2D eigenvalue weighted by atomic mass is 32.1. The van der Waals surface area contributed by atoms with E-state index in [2.05, 4.69) is 14.8 Å². The van der Waals surface area contributed by atoms with Gasteiger partial charge in [0.1, 0.15) is 11.6 Å². The van der Waals surface area contributed by atoms with E-state index in [4.69, 9.17) is 4.42 Å². The van der Waals surface area contributed by atoms with Crippen molar-refractivity contribution in [3.8, 4) is 10.8 Å². The average molecular weight is 357 g/mol. The van der Waals surface area contributed by atoms with Gasteiger partial charge in [-0.3, -0.25) is 4.90 Å². The molecule has 4 nitrogen and oxygen atoms in total. The molecule has 0 spiro atoms. The van der Waals surface area contributed by atoms with E-state index in [1.807, 2.05) is 36.6 Å². The zero-order chi connectivity index (χ0) is 17.2. The van der Waals surface area contributed by atoms with Gasteiger partial charge in [0.15, 0.2) is 0 Å². The predicted molar refractivity (Wildman–Crippen MR) is 98.4 cm³/mol. The Morgan fingerprint density at radius 2 is 1.88 bits per heavy atom. The van der Waals surface area contributed by atoms with Gasteiger partial charge in [0.25, 0.3) is 0 Å². The highest BCUT2D eigenvalue weighted by Gasteiger charge is 2.20. The van der Waals surface area contributed by atoms with E-state index in [9.17, 15) is 4.39 Å². The molecule has 3 heterocycles. The van der Waals surface area contributed by atoms with E-state index in [1.54, 1.807) is 11.3 Å². The van der Waals surface area contributed by atoms with Crippen LogP contribution in [-0.2, 0) is 6.54 Å². The summed E-state index contributed by atoms with van der Waals surface area (Å²) in [4.78, 5) is 10.4. The summed E-state index contributed by atoms with van der Waals surface area (Å²) < 4.78 is 18.9. The molecule has 0 N–H and O–H groups in total. The van der Waals surface area contributed by atoms with Gasteiger partial charge < -0.3 is 9.32 Å². The molecule has 6 heteroatoms. The van der Waals surface area contributed by atoms with Crippen LogP contribution in [0.15, 0.2) is 46.2 Å². The van der Waals surface area contributed by atoms with Crippen LogP contribution < -0.4 is 4.90 Å². The summed E-state index contributed by atoms with van der Waals surface area (Å²) in [6.07, 6.45) is 0. The topological polar surface area (TPSA) is 32.5 Å². The van der Waals surface area contributed by atoms with Crippen molar-refractivity contribution in [3.63, 3.8) is 0 Å². The number of anilines is 1. The monoisotopic (exact) mass is 357 g/mol. The lowest BCUT2D eigenvalue weighted by Crippen LogP contribution is -2.46. The van der Waals surface area contributed by atoms with Crippen LogP contribution in [0.2, 0.25) is 0 Å². The number of piperazine rings is 1. The van der Waals surface area contributed by atoms with E-state index in [0.29, 0.717) is 5.89 Å². The SMILES string of the molecule is Cc1oc(-c2cccs2)nc1CN1CCN(c2ccc(F)cc2)CC1. The molecule has 1 fully saturated rings. The minimum absolute atomic E-state index is 0.189. The largest absolute Gasteiger partial charge is 0.440 e. The first-order valence-corrected chi connectivity index (χ1v) is 9.30. The second kappa shape index (κ2) is 6.98. The number of hydrogen-bond acceptors (Lipinski definition) is 5. The van der Waals surface area contributed by atoms with Crippen molar-refractivity contribution in [2.45, 2.75) is 13.5 Å². The van der Waals surface area contributed by atoms with Gasteiger partial charge in [-0.15, -0.1) is 11.3 Å². The summed E-state index contributed by atoms with van der Waals surface area (Å²) >= 11 is 1.64. The van der Waals surface area contributed by atoms with Gasteiger partial charge in [0, 0.05) is 38.4 Å². The Hall–Kier alpha value is -2.18. The summed E-state index contributed by atoms with van der Waals surface area (Å²) in [5.41, 5.74) is 2.09. The van der Waals surface area contributed by atoms with Crippen molar-refractivity contribution in [1.29, 1.82) is 0 Å². The fourth-order valence-corrected chi connectivity index (χ4v) is 3.76. The van der Waals surface area contributed by atoms with Gasteiger partial charge in [-0.2, -0.15) is 0 Å². The van der Waals surface area contributed by atoms with Gasteiger partial charge >= 0.3 is 0 Å². The van der Waals surface area contributed by atoms with E-state index in [-0.39, 0.29) is 5.82 Å². The maximum absolute atomic E-state index is 13.1. The van der Waals surface area contributed by atoms with Crippen LogP contribution in [0.25, 0.3) is 10.8 Å². The maximum atomic E-state index is 13.1. The van der Waals surface area contributed by atoms with Gasteiger partial charge in [-0.25, -0.2) is 9.37 Å². The third-order valence-electron chi connectivity index (χ3n) is 4.56. The molecular weight excluding hydrogens is 337 g/mol. The maximum Gasteiger partial charge on any atom is 0.236 e. The van der Waals surface area contributed by atoms with Crippen LogP contribution in [0, 0.1) is 12.7 Å². The lowest BCUT2D eigenvalue weighted by molar-refractivity contribution is 0.246. The Morgan fingerprint density at radius 3 is 2.56 bits per heavy atom. The summed E-state index contributed by atoms with van der Waals surface area (Å²) in [6, 6.07) is 10.8. The number of oxazole rings is 1. The van der Waals surface area contributed by atoms with Crippen LogP contribution in [0.5, 0.6) is 0 Å². The quantitative estimate of drug-likeness (QED) is 0.701. The minimum Gasteiger partial charge on any atom is -0.440 e. The van der Waals surface area contributed by atoms with Crippen molar-refractivity contribution in [1.82, 2.24) is 9.88 Å². The zero-order valence-corrected chi connectivity index (χ0v) is 14.9. The number of nitrogens with zero attached hydrogens (tertiary/aromatic N) is 3. The van der Waals surface area contributed by atoms with Gasteiger partial charge in [0.05, 0.1) is 10.6 Å². The molecule has 1 saturated heterocycles. The molecule has 0 radical (unpaired) electrons. The summed E-state index contributed by atoms with van der Waals surface area (Å²) in [5, 5.41) is 2.03. The number of hydrogen-bond donors (Lipinski definition) is 0. The average Bonchev–Trinajstić information content (AvgIpc) is 3.27. The highest BCUT2D eigenvalue weighted by molar-refractivity contribution is 7.13. The molecule has 0 atom stereocenters. The van der Waals surface area contributed by atoms with E-state index in [0.717, 1.165) is 54.7 Å². The van der Waals surface area contributed by atoms with Gasteiger partial charge in [-0.05, 0) is 42.6 Å². The second-order valence-electron chi connectivity index (χ2n) is 6.24. The molecule has 4 rings (SSSR count). The van der Waals surface area contributed by atoms with E-state index < -0.39 is 0 Å². The van der Waals surface area contributed by atoms with Gasteiger partial charge in [-0.1, -0.05) is 6.07 Å². The number of aromatic nitrogens is 1. The van der Waals surface area contributed by atoms with Crippen LogP contribution in [0.1, 0.15) is 11.5 Å². The van der Waals surface area contributed by atoms with Crippen molar-refractivity contribution < 1.29 is 8.81 Å². The lowest BCUT2D eigenvalue weighted by atomic mass is 10.2. The number of benzene rings is 1. The van der Waals surface area contributed by atoms with Crippen LogP contribution in [0.4, 0.5) is 10.1 Å². The fraction of sp³-hybridized carbons (Fsp3) is 0.316. The first-order valence-electron chi connectivity index (χ1n) is 8.42. The normalized spacial score (nSPS) is 15.7. The second-order valence-corrected chi connectivity index (χ2v) is 7.19. The van der Waals surface area contributed by atoms with Crippen molar-refractivity contribution in [2.24, 2.45) is 0 Å². The molecular formula is C19H20FN3OS. The highest BCUT2D eigenvalue weighted by Crippen LogP contribution is 2.26. The first kappa shape index (κ1) is 16.3. The fourth-order valence-electron chi connectivity index (χ4n) is 3.11. The third-order valence-corrected chi connectivity index (χ3v) is 5.42. The minimum atomic E-state index is -0.189. The summed E-state index contributed by atoms with van der Waals surface area (Å²) in [7, 11) is 0.